The van der Waals surface area contributed by atoms with Gasteiger partial charge in [-0.25, -0.2) is 4.98 Å². The van der Waals surface area contributed by atoms with Crippen LogP contribution in [-0.2, 0) is 6.18 Å². The van der Waals surface area contributed by atoms with E-state index in [2.05, 4.69) is 15.2 Å². The maximum Gasteiger partial charge on any atom is 0.416 e. The number of alkyl halides is 3. The van der Waals surface area contributed by atoms with Crippen molar-refractivity contribution in [3.8, 4) is 22.8 Å². The Balaban J connectivity index is 2.00. The lowest BCUT2D eigenvalue weighted by Gasteiger charge is -2.06. The lowest BCUT2D eigenvalue weighted by Crippen LogP contribution is -2.04. The van der Waals surface area contributed by atoms with Crippen LogP contribution in [0.2, 0.25) is 0 Å². The second-order valence-electron chi connectivity index (χ2n) is 4.67. The standard InChI is InChI=1S/C15H11F3N4/c16-15(17,18)10-5-3-4-9(8-10)13-20-14(22-21-13)11-6-1-2-7-12(11)19/h1-8H,19H2,(H,20,21,22). The second kappa shape index (κ2) is 5.18. The number of hydrogen-bond acceptors (Lipinski definition) is 3. The van der Waals surface area contributed by atoms with Gasteiger partial charge in [-0.15, -0.1) is 0 Å². The van der Waals surface area contributed by atoms with Gasteiger partial charge in [0.2, 0.25) is 0 Å². The number of anilines is 1. The fourth-order valence-corrected chi connectivity index (χ4v) is 2.06. The molecule has 0 aliphatic carbocycles. The minimum absolute atomic E-state index is 0.185. The minimum atomic E-state index is -4.40. The smallest absolute Gasteiger partial charge is 0.398 e. The molecule has 3 N–H and O–H groups in total. The molecule has 0 bridgehead atoms. The van der Waals surface area contributed by atoms with E-state index in [1.54, 1.807) is 24.3 Å². The molecule has 3 aromatic rings. The van der Waals surface area contributed by atoms with Gasteiger partial charge in [0.05, 0.1) is 5.56 Å². The maximum absolute atomic E-state index is 12.7. The molecule has 0 saturated carbocycles. The van der Waals surface area contributed by atoms with Crippen LogP contribution in [0.3, 0.4) is 0 Å². The molecule has 0 amide bonds. The van der Waals surface area contributed by atoms with Crippen molar-refractivity contribution in [1.82, 2.24) is 15.2 Å². The van der Waals surface area contributed by atoms with Gasteiger partial charge in [0.25, 0.3) is 0 Å². The molecule has 0 unspecified atom stereocenters. The van der Waals surface area contributed by atoms with E-state index in [9.17, 15) is 13.2 Å². The average molecular weight is 304 g/mol. The number of benzene rings is 2. The first-order valence-corrected chi connectivity index (χ1v) is 6.40. The van der Waals surface area contributed by atoms with E-state index in [-0.39, 0.29) is 11.4 Å². The van der Waals surface area contributed by atoms with E-state index in [4.69, 9.17) is 5.73 Å². The van der Waals surface area contributed by atoms with Crippen molar-refractivity contribution in [2.45, 2.75) is 6.18 Å². The summed E-state index contributed by atoms with van der Waals surface area (Å²) in [6.45, 7) is 0. The number of para-hydroxylation sites is 1. The number of aromatic amines is 1. The Hall–Kier alpha value is -2.83. The molecule has 0 atom stereocenters. The van der Waals surface area contributed by atoms with Crippen molar-refractivity contribution in [1.29, 1.82) is 0 Å². The van der Waals surface area contributed by atoms with Gasteiger partial charge in [-0.3, -0.25) is 5.10 Å². The number of nitrogens with one attached hydrogen (secondary N) is 1. The monoisotopic (exact) mass is 304 g/mol. The highest BCUT2D eigenvalue weighted by molar-refractivity contribution is 5.72. The van der Waals surface area contributed by atoms with Crippen LogP contribution in [0, 0.1) is 0 Å². The van der Waals surface area contributed by atoms with E-state index in [1.165, 1.54) is 12.1 Å². The van der Waals surface area contributed by atoms with Gasteiger partial charge >= 0.3 is 6.18 Å². The molecular formula is C15H11F3N4. The highest BCUT2D eigenvalue weighted by atomic mass is 19.4. The van der Waals surface area contributed by atoms with Gasteiger partial charge in [-0.1, -0.05) is 24.3 Å². The summed E-state index contributed by atoms with van der Waals surface area (Å²) in [6, 6.07) is 11.9. The molecule has 112 valence electrons. The fraction of sp³-hybridized carbons (Fsp3) is 0.0667. The topological polar surface area (TPSA) is 67.6 Å². The number of H-pyrrole nitrogens is 1. The molecule has 1 aromatic heterocycles. The lowest BCUT2D eigenvalue weighted by atomic mass is 10.1. The lowest BCUT2D eigenvalue weighted by molar-refractivity contribution is -0.137. The third-order valence-electron chi connectivity index (χ3n) is 3.15. The van der Waals surface area contributed by atoms with E-state index in [1.807, 2.05) is 0 Å². The molecule has 1 heterocycles. The average Bonchev–Trinajstić information content (AvgIpc) is 2.97. The fourth-order valence-electron chi connectivity index (χ4n) is 2.06. The summed E-state index contributed by atoms with van der Waals surface area (Å²) in [4.78, 5) is 4.22. The summed E-state index contributed by atoms with van der Waals surface area (Å²) >= 11 is 0. The van der Waals surface area contributed by atoms with Crippen LogP contribution < -0.4 is 5.73 Å². The number of nitrogen functional groups attached to an aromatic ring is 1. The minimum Gasteiger partial charge on any atom is -0.398 e. The maximum atomic E-state index is 12.7. The van der Waals surface area contributed by atoms with Crippen molar-refractivity contribution >= 4 is 5.69 Å². The number of hydrogen-bond donors (Lipinski definition) is 2. The number of rotatable bonds is 2. The molecule has 7 heteroatoms. The Labute approximate surface area is 123 Å². The molecule has 0 fully saturated rings. The van der Waals surface area contributed by atoms with E-state index >= 15 is 0 Å². The first-order valence-electron chi connectivity index (χ1n) is 6.40. The molecule has 2 aromatic carbocycles. The zero-order chi connectivity index (χ0) is 15.7. The third-order valence-corrected chi connectivity index (χ3v) is 3.15. The van der Waals surface area contributed by atoms with Crippen molar-refractivity contribution < 1.29 is 13.2 Å². The molecular weight excluding hydrogens is 293 g/mol. The van der Waals surface area contributed by atoms with Crippen LogP contribution in [0.15, 0.2) is 48.5 Å². The Bertz CT molecular complexity index is 808. The first-order chi connectivity index (χ1) is 10.4. The zero-order valence-electron chi connectivity index (χ0n) is 11.2. The van der Waals surface area contributed by atoms with Crippen molar-refractivity contribution in [2.24, 2.45) is 0 Å². The van der Waals surface area contributed by atoms with Crippen LogP contribution in [0.4, 0.5) is 18.9 Å². The Morgan fingerprint density at radius 3 is 2.50 bits per heavy atom. The van der Waals surface area contributed by atoms with Crippen LogP contribution in [-0.4, -0.2) is 15.2 Å². The normalized spacial score (nSPS) is 11.6. The molecule has 0 radical (unpaired) electrons. The predicted octanol–water partition coefficient (Wildman–Crippen LogP) is 3.74. The first kappa shape index (κ1) is 14.1. The van der Waals surface area contributed by atoms with Crippen molar-refractivity contribution in [3.05, 3.63) is 54.1 Å². The summed E-state index contributed by atoms with van der Waals surface area (Å²) in [5.41, 5.74) is 6.54. The predicted molar refractivity (Wildman–Crippen MR) is 76.7 cm³/mol. The molecule has 0 aliphatic rings. The molecule has 22 heavy (non-hydrogen) atoms. The number of aromatic nitrogens is 3. The van der Waals surface area contributed by atoms with Gasteiger partial charge in [-0.05, 0) is 24.3 Å². The van der Waals surface area contributed by atoms with Crippen LogP contribution >= 0.6 is 0 Å². The quantitative estimate of drug-likeness (QED) is 0.709. The highest BCUT2D eigenvalue weighted by Gasteiger charge is 2.30. The number of halogens is 3. The largest absolute Gasteiger partial charge is 0.416 e. The Kier molecular flexibility index (Phi) is 3.32. The van der Waals surface area contributed by atoms with Gasteiger partial charge in [-0.2, -0.15) is 18.3 Å². The summed E-state index contributed by atoms with van der Waals surface area (Å²) in [5.74, 6) is 0.592. The van der Waals surface area contributed by atoms with Gasteiger partial charge in [0.15, 0.2) is 11.6 Å². The van der Waals surface area contributed by atoms with Crippen LogP contribution in [0.25, 0.3) is 22.8 Å². The molecule has 0 spiro atoms. The van der Waals surface area contributed by atoms with Gasteiger partial charge in [0, 0.05) is 16.8 Å². The number of nitrogens with two attached hydrogens (primary N) is 1. The summed E-state index contributed by atoms with van der Waals surface area (Å²) in [6.07, 6.45) is -4.40. The number of nitrogens with zero attached hydrogens (tertiary/aromatic N) is 2. The summed E-state index contributed by atoms with van der Waals surface area (Å²) in [5, 5.41) is 6.67. The van der Waals surface area contributed by atoms with E-state index < -0.39 is 11.7 Å². The zero-order valence-corrected chi connectivity index (χ0v) is 11.2. The van der Waals surface area contributed by atoms with E-state index in [0.29, 0.717) is 17.1 Å². The second-order valence-corrected chi connectivity index (χ2v) is 4.67. The Morgan fingerprint density at radius 1 is 1.00 bits per heavy atom. The van der Waals surface area contributed by atoms with Crippen LogP contribution in [0.5, 0.6) is 0 Å². The Morgan fingerprint density at radius 2 is 1.77 bits per heavy atom. The molecule has 3 rings (SSSR count). The molecule has 0 aliphatic heterocycles. The summed E-state index contributed by atoms with van der Waals surface area (Å²) < 4.78 is 38.2. The van der Waals surface area contributed by atoms with Crippen molar-refractivity contribution in [2.75, 3.05) is 5.73 Å². The van der Waals surface area contributed by atoms with Crippen molar-refractivity contribution in [3.63, 3.8) is 0 Å². The van der Waals surface area contributed by atoms with Gasteiger partial charge in [0.1, 0.15) is 0 Å². The SMILES string of the molecule is Nc1ccccc1-c1nc(-c2cccc(C(F)(F)F)c2)n[nH]1. The van der Waals surface area contributed by atoms with Gasteiger partial charge < -0.3 is 5.73 Å². The summed E-state index contributed by atoms with van der Waals surface area (Å²) in [7, 11) is 0. The highest BCUT2D eigenvalue weighted by Crippen LogP contribution is 2.32. The van der Waals surface area contributed by atoms with E-state index in [0.717, 1.165) is 12.1 Å². The van der Waals surface area contributed by atoms with Crippen LogP contribution in [0.1, 0.15) is 5.56 Å². The molecule has 0 saturated heterocycles. The third kappa shape index (κ3) is 2.65. The molecule has 4 nitrogen and oxygen atoms in total.